The lowest BCUT2D eigenvalue weighted by atomic mass is 9.55. The van der Waals surface area contributed by atoms with Crippen molar-refractivity contribution in [3.05, 3.63) is 11.6 Å². The molecule has 0 unspecified atom stereocenters. The average Bonchev–Trinajstić information content (AvgIpc) is 2.28. The van der Waals surface area contributed by atoms with Crippen LogP contribution in [0.3, 0.4) is 0 Å². The first-order chi connectivity index (χ1) is 7.99. The zero-order valence-electron chi connectivity index (χ0n) is 11.3. The molecule has 0 saturated heterocycles. The zero-order chi connectivity index (χ0) is 12.6. The fraction of sp³-hybridized carbons (Fsp3) is 0.867. The third-order valence-electron chi connectivity index (χ3n) is 5.27. The molecule has 2 rings (SSSR count). The third-order valence-corrected chi connectivity index (χ3v) is 5.27. The van der Waals surface area contributed by atoms with Crippen molar-refractivity contribution >= 4 is 0 Å². The molecule has 2 aliphatic carbocycles. The summed E-state index contributed by atoms with van der Waals surface area (Å²) in [5.74, 6) is 0.785. The lowest BCUT2D eigenvalue weighted by Gasteiger charge is -2.51. The van der Waals surface area contributed by atoms with E-state index in [4.69, 9.17) is 0 Å². The molecule has 5 atom stereocenters. The zero-order valence-corrected chi connectivity index (χ0v) is 11.3. The summed E-state index contributed by atoms with van der Waals surface area (Å²) in [6, 6.07) is 0. The second-order valence-corrected chi connectivity index (χ2v) is 6.47. The van der Waals surface area contributed by atoms with Crippen molar-refractivity contribution in [2.45, 2.75) is 52.6 Å². The molecule has 1 fully saturated rings. The van der Waals surface area contributed by atoms with E-state index in [-0.39, 0.29) is 30.0 Å². The maximum absolute atomic E-state index is 10.6. The van der Waals surface area contributed by atoms with Crippen LogP contribution in [0.4, 0.5) is 0 Å². The van der Waals surface area contributed by atoms with Crippen LogP contribution in [0, 0.1) is 23.2 Å². The molecule has 0 aromatic carbocycles. The molecule has 0 aliphatic heterocycles. The van der Waals surface area contributed by atoms with Crippen LogP contribution in [0.2, 0.25) is 0 Å². The van der Waals surface area contributed by atoms with Crippen LogP contribution < -0.4 is 0 Å². The van der Waals surface area contributed by atoms with Gasteiger partial charge in [-0.2, -0.15) is 0 Å². The molecule has 0 amide bonds. The van der Waals surface area contributed by atoms with E-state index in [9.17, 15) is 10.2 Å². The quantitative estimate of drug-likeness (QED) is 0.726. The number of fused-ring (bicyclic) bond motifs is 1. The molecular weight excluding hydrogens is 212 g/mol. The largest absolute Gasteiger partial charge is 0.396 e. The molecule has 2 aliphatic rings. The van der Waals surface area contributed by atoms with Crippen molar-refractivity contribution in [3.8, 4) is 0 Å². The average molecular weight is 238 g/mol. The molecule has 0 aromatic rings. The fourth-order valence-corrected chi connectivity index (χ4v) is 4.09. The Bertz CT molecular complexity index is 310. The van der Waals surface area contributed by atoms with Crippen molar-refractivity contribution < 1.29 is 10.2 Å². The summed E-state index contributed by atoms with van der Waals surface area (Å²) in [7, 11) is 0. The Hall–Kier alpha value is -0.340. The van der Waals surface area contributed by atoms with Crippen molar-refractivity contribution in [2.24, 2.45) is 23.2 Å². The summed E-state index contributed by atoms with van der Waals surface area (Å²) in [6.45, 7) is 6.74. The number of aliphatic hydroxyl groups excluding tert-OH is 2. The van der Waals surface area contributed by atoms with Gasteiger partial charge in [0.05, 0.1) is 6.10 Å². The second-order valence-electron chi connectivity index (χ2n) is 6.47. The summed E-state index contributed by atoms with van der Waals surface area (Å²) >= 11 is 0. The van der Waals surface area contributed by atoms with Gasteiger partial charge < -0.3 is 10.2 Å². The summed E-state index contributed by atoms with van der Waals surface area (Å²) in [6.07, 6.45) is 6.63. The first kappa shape index (κ1) is 13.1. The molecule has 0 radical (unpaired) electrons. The van der Waals surface area contributed by atoms with Gasteiger partial charge in [-0.25, -0.2) is 0 Å². The maximum Gasteiger partial charge on any atom is 0.0642 e. The number of hydrogen-bond acceptors (Lipinski definition) is 2. The minimum Gasteiger partial charge on any atom is -0.396 e. The Morgan fingerprint density at radius 3 is 2.82 bits per heavy atom. The van der Waals surface area contributed by atoms with Crippen LogP contribution in [-0.2, 0) is 0 Å². The normalized spacial score (nSPS) is 43.8. The summed E-state index contributed by atoms with van der Waals surface area (Å²) in [4.78, 5) is 0. The van der Waals surface area contributed by atoms with Gasteiger partial charge in [0.15, 0.2) is 0 Å². The minimum absolute atomic E-state index is 0.188. The van der Waals surface area contributed by atoms with E-state index in [0.717, 1.165) is 12.8 Å². The van der Waals surface area contributed by atoms with Crippen LogP contribution in [0.15, 0.2) is 11.6 Å². The van der Waals surface area contributed by atoms with Gasteiger partial charge in [0, 0.05) is 12.5 Å². The van der Waals surface area contributed by atoms with Crippen molar-refractivity contribution in [1.82, 2.24) is 0 Å². The second kappa shape index (κ2) is 4.74. The Morgan fingerprint density at radius 2 is 2.18 bits per heavy atom. The molecule has 0 aromatic heterocycles. The van der Waals surface area contributed by atoms with E-state index < -0.39 is 0 Å². The molecular formula is C15H26O2. The highest BCUT2D eigenvalue weighted by Crippen LogP contribution is 2.53. The number of rotatable bonds is 2. The molecule has 0 bridgehead atoms. The van der Waals surface area contributed by atoms with Gasteiger partial charge in [0.1, 0.15) is 0 Å². The number of aliphatic hydroxyl groups is 2. The fourth-order valence-electron chi connectivity index (χ4n) is 4.09. The molecule has 98 valence electrons. The Balaban J connectivity index is 2.23. The van der Waals surface area contributed by atoms with Crippen molar-refractivity contribution in [1.29, 1.82) is 0 Å². The Kier molecular flexibility index (Phi) is 3.65. The highest BCUT2D eigenvalue weighted by molar-refractivity contribution is 5.17. The van der Waals surface area contributed by atoms with Gasteiger partial charge in [0.2, 0.25) is 0 Å². The van der Waals surface area contributed by atoms with Crippen molar-refractivity contribution in [2.75, 3.05) is 6.61 Å². The third kappa shape index (κ3) is 2.17. The van der Waals surface area contributed by atoms with Crippen LogP contribution in [0.25, 0.3) is 0 Å². The number of allylic oxidation sites excluding steroid dienone is 1. The van der Waals surface area contributed by atoms with Gasteiger partial charge in [-0.3, -0.25) is 0 Å². The van der Waals surface area contributed by atoms with Gasteiger partial charge in [-0.1, -0.05) is 25.5 Å². The highest BCUT2D eigenvalue weighted by atomic mass is 16.3. The van der Waals surface area contributed by atoms with Crippen LogP contribution in [0.5, 0.6) is 0 Å². The molecule has 2 heteroatoms. The molecule has 2 nitrogen and oxygen atoms in total. The maximum atomic E-state index is 10.6. The Labute approximate surface area is 105 Å². The number of hydrogen-bond donors (Lipinski definition) is 2. The van der Waals surface area contributed by atoms with E-state index in [1.807, 2.05) is 0 Å². The van der Waals surface area contributed by atoms with Crippen LogP contribution >= 0.6 is 0 Å². The van der Waals surface area contributed by atoms with E-state index in [1.54, 1.807) is 0 Å². The van der Waals surface area contributed by atoms with E-state index in [2.05, 4.69) is 26.8 Å². The van der Waals surface area contributed by atoms with Crippen LogP contribution in [0.1, 0.15) is 46.5 Å². The molecule has 2 N–H and O–H groups in total. The lowest BCUT2D eigenvalue weighted by Crippen LogP contribution is -2.49. The lowest BCUT2D eigenvalue weighted by molar-refractivity contribution is -0.0697. The van der Waals surface area contributed by atoms with Gasteiger partial charge in [-0.15, -0.1) is 0 Å². The smallest absolute Gasteiger partial charge is 0.0642 e. The minimum atomic E-state index is -0.271. The SMILES string of the molecule is CC1=CCC[C@]2(C)CC[C@@H]([C@H](C)CO)[C@H](O)[C@@H]12. The topological polar surface area (TPSA) is 40.5 Å². The Morgan fingerprint density at radius 1 is 1.47 bits per heavy atom. The van der Waals surface area contributed by atoms with E-state index in [1.165, 1.54) is 18.4 Å². The molecule has 0 spiro atoms. The van der Waals surface area contributed by atoms with Crippen LogP contribution in [-0.4, -0.2) is 22.9 Å². The first-order valence-electron chi connectivity index (χ1n) is 6.95. The monoisotopic (exact) mass is 238 g/mol. The van der Waals surface area contributed by atoms with Gasteiger partial charge in [-0.05, 0) is 49.9 Å². The summed E-state index contributed by atoms with van der Waals surface area (Å²) < 4.78 is 0. The predicted molar refractivity (Wildman–Crippen MR) is 69.6 cm³/mol. The predicted octanol–water partition coefficient (Wildman–Crippen LogP) is 2.75. The summed E-state index contributed by atoms with van der Waals surface area (Å²) in [5, 5.41) is 20.0. The molecule has 17 heavy (non-hydrogen) atoms. The van der Waals surface area contributed by atoms with Gasteiger partial charge >= 0.3 is 0 Å². The van der Waals surface area contributed by atoms with Gasteiger partial charge in [0.25, 0.3) is 0 Å². The first-order valence-corrected chi connectivity index (χ1v) is 6.95. The van der Waals surface area contributed by atoms with E-state index >= 15 is 0 Å². The summed E-state index contributed by atoms with van der Waals surface area (Å²) in [5.41, 5.74) is 1.64. The molecule has 0 heterocycles. The van der Waals surface area contributed by atoms with E-state index in [0.29, 0.717) is 5.92 Å². The molecule has 1 saturated carbocycles. The highest BCUT2D eigenvalue weighted by Gasteiger charge is 2.48. The van der Waals surface area contributed by atoms with Crippen molar-refractivity contribution in [3.63, 3.8) is 0 Å². The standard InChI is InChI=1S/C15H26O2/c1-10-5-4-7-15(3)8-6-12(11(2)9-16)14(17)13(10)15/h5,11-14,16-17H,4,6-9H2,1-3H3/t11-,12+,13-,14+,15-/m1/s1.